The van der Waals surface area contributed by atoms with Crippen molar-refractivity contribution in [2.45, 2.75) is 6.42 Å². The second-order valence-corrected chi connectivity index (χ2v) is 6.59. The zero-order valence-corrected chi connectivity index (χ0v) is 15.4. The molecule has 0 aliphatic carbocycles. The fourth-order valence-electron chi connectivity index (χ4n) is 3.56. The number of rotatable bonds is 5. The highest BCUT2D eigenvalue weighted by Gasteiger charge is 2.13. The van der Waals surface area contributed by atoms with Crippen LogP contribution in [0.5, 0.6) is 5.75 Å². The second-order valence-electron chi connectivity index (χ2n) is 6.59. The lowest BCUT2D eigenvalue weighted by molar-refractivity contribution is 0.112. The first-order valence-electron chi connectivity index (χ1n) is 8.95. The zero-order chi connectivity index (χ0) is 19.5. The number of ether oxygens (including phenoxy) is 1. The van der Waals surface area contributed by atoms with E-state index in [1.807, 2.05) is 54.7 Å². The van der Waals surface area contributed by atoms with Crippen LogP contribution in [0.2, 0.25) is 0 Å². The van der Waals surface area contributed by atoms with Gasteiger partial charge in [0.15, 0.2) is 6.29 Å². The van der Waals surface area contributed by atoms with E-state index in [0.29, 0.717) is 23.3 Å². The van der Waals surface area contributed by atoms with Crippen molar-refractivity contribution in [1.29, 1.82) is 5.26 Å². The summed E-state index contributed by atoms with van der Waals surface area (Å²) in [7, 11) is 1.59. The van der Waals surface area contributed by atoms with Crippen molar-refractivity contribution in [3.63, 3.8) is 0 Å². The Kier molecular flexibility index (Phi) is 4.65. The number of benzene rings is 3. The predicted molar refractivity (Wildman–Crippen MR) is 110 cm³/mol. The molecule has 0 saturated carbocycles. The lowest BCUT2D eigenvalue weighted by atomic mass is 9.92. The third-order valence-electron chi connectivity index (χ3n) is 4.97. The number of carbonyl (C=O) groups is 1. The molecule has 1 heterocycles. The Morgan fingerprint density at radius 3 is 2.68 bits per heavy atom. The Labute approximate surface area is 163 Å². The van der Waals surface area contributed by atoms with Gasteiger partial charge in [0.05, 0.1) is 18.7 Å². The molecule has 0 aliphatic rings. The first-order chi connectivity index (χ1) is 13.7. The average Bonchev–Trinajstić information content (AvgIpc) is 3.15. The standard InChI is InChI=1S/C24H18N2O2/c1-28-20-7-9-22(19(12-20)15-27)21-5-3-2-4-17(21)11-18-14-26-24-10-16(13-25)6-8-23(18)24/h2-10,12,14-15,26H,11H2,1H3. The maximum atomic E-state index is 11.6. The van der Waals surface area contributed by atoms with E-state index in [1.54, 1.807) is 13.2 Å². The van der Waals surface area contributed by atoms with Crippen LogP contribution in [0, 0.1) is 11.3 Å². The highest BCUT2D eigenvalue weighted by Crippen LogP contribution is 2.31. The number of nitriles is 1. The molecular formula is C24H18N2O2. The number of methoxy groups -OCH3 is 1. The predicted octanol–water partition coefficient (Wildman–Crippen LogP) is 5.12. The molecule has 0 spiro atoms. The van der Waals surface area contributed by atoms with Gasteiger partial charge in [0.25, 0.3) is 0 Å². The monoisotopic (exact) mass is 366 g/mol. The van der Waals surface area contributed by atoms with E-state index in [-0.39, 0.29) is 0 Å². The van der Waals surface area contributed by atoms with Crippen molar-refractivity contribution in [3.05, 3.63) is 89.1 Å². The Balaban J connectivity index is 1.78. The van der Waals surface area contributed by atoms with Gasteiger partial charge in [-0.05, 0) is 52.6 Å². The van der Waals surface area contributed by atoms with Gasteiger partial charge in [-0.3, -0.25) is 4.79 Å². The second kappa shape index (κ2) is 7.42. The van der Waals surface area contributed by atoms with E-state index in [2.05, 4.69) is 17.1 Å². The number of hydrogen-bond acceptors (Lipinski definition) is 3. The van der Waals surface area contributed by atoms with Gasteiger partial charge in [0.2, 0.25) is 0 Å². The Morgan fingerprint density at radius 1 is 1.04 bits per heavy atom. The third kappa shape index (κ3) is 3.15. The first-order valence-corrected chi connectivity index (χ1v) is 8.95. The number of carbonyl (C=O) groups excluding carboxylic acids is 1. The number of aldehydes is 1. The maximum absolute atomic E-state index is 11.6. The molecule has 0 bridgehead atoms. The molecule has 0 fully saturated rings. The fourth-order valence-corrected chi connectivity index (χ4v) is 3.56. The molecule has 1 N–H and O–H groups in total. The molecule has 0 unspecified atom stereocenters. The summed E-state index contributed by atoms with van der Waals surface area (Å²) in [5, 5.41) is 10.2. The summed E-state index contributed by atoms with van der Waals surface area (Å²) >= 11 is 0. The molecule has 0 amide bonds. The van der Waals surface area contributed by atoms with Crippen molar-refractivity contribution in [2.75, 3.05) is 7.11 Å². The minimum absolute atomic E-state index is 0.601. The van der Waals surface area contributed by atoms with Gasteiger partial charge in [-0.15, -0.1) is 0 Å². The summed E-state index contributed by atoms with van der Waals surface area (Å²) in [4.78, 5) is 14.9. The fraction of sp³-hybridized carbons (Fsp3) is 0.0833. The van der Waals surface area contributed by atoms with Gasteiger partial charge in [0.1, 0.15) is 5.75 Å². The van der Waals surface area contributed by atoms with Crippen molar-refractivity contribution in [1.82, 2.24) is 4.98 Å². The number of H-pyrrole nitrogens is 1. The van der Waals surface area contributed by atoms with Gasteiger partial charge < -0.3 is 9.72 Å². The van der Waals surface area contributed by atoms with Crippen LogP contribution in [0.3, 0.4) is 0 Å². The molecular weight excluding hydrogens is 348 g/mol. The van der Waals surface area contributed by atoms with Crippen molar-refractivity contribution < 1.29 is 9.53 Å². The molecule has 4 rings (SSSR count). The molecule has 0 radical (unpaired) electrons. The molecule has 4 aromatic rings. The number of nitrogens with zero attached hydrogens (tertiary/aromatic N) is 1. The van der Waals surface area contributed by atoms with Crippen LogP contribution in [0.15, 0.2) is 66.9 Å². The molecule has 0 aliphatic heterocycles. The van der Waals surface area contributed by atoms with E-state index < -0.39 is 0 Å². The van der Waals surface area contributed by atoms with Gasteiger partial charge in [-0.25, -0.2) is 0 Å². The van der Waals surface area contributed by atoms with Gasteiger partial charge in [-0.1, -0.05) is 30.3 Å². The summed E-state index contributed by atoms with van der Waals surface area (Å²) in [5.74, 6) is 0.660. The minimum Gasteiger partial charge on any atom is -0.497 e. The smallest absolute Gasteiger partial charge is 0.150 e. The van der Waals surface area contributed by atoms with Crippen LogP contribution < -0.4 is 4.74 Å². The van der Waals surface area contributed by atoms with Gasteiger partial charge in [0, 0.05) is 29.1 Å². The molecule has 136 valence electrons. The van der Waals surface area contributed by atoms with E-state index in [4.69, 9.17) is 10.00 Å². The SMILES string of the molecule is COc1ccc(-c2ccccc2Cc2c[nH]c3cc(C#N)ccc23)c(C=O)c1. The van der Waals surface area contributed by atoms with Gasteiger partial charge in [-0.2, -0.15) is 5.26 Å². The molecule has 4 nitrogen and oxygen atoms in total. The van der Waals surface area contributed by atoms with E-state index >= 15 is 0 Å². The van der Waals surface area contributed by atoms with Crippen molar-refractivity contribution in [2.24, 2.45) is 0 Å². The number of nitrogens with one attached hydrogen (secondary N) is 1. The molecule has 0 saturated heterocycles. The van der Waals surface area contributed by atoms with Crippen LogP contribution in [0.4, 0.5) is 0 Å². The maximum Gasteiger partial charge on any atom is 0.150 e. The zero-order valence-electron chi connectivity index (χ0n) is 15.4. The molecule has 3 aromatic carbocycles. The highest BCUT2D eigenvalue weighted by molar-refractivity contribution is 5.90. The van der Waals surface area contributed by atoms with Crippen LogP contribution >= 0.6 is 0 Å². The summed E-state index contributed by atoms with van der Waals surface area (Å²) < 4.78 is 5.24. The van der Waals surface area contributed by atoms with Crippen LogP contribution in [0.1, 0.15) is 27.0 Å². The number of aromatic amines is 1. The number of fused-ring (bicyclic) bond motifs is 1. The van der Waals surface area contributed by atoms with Crippen LogP contribution in [0.25, 0.3) is 22.0 Å². The Bertz CT molecular complexity index is 1210. The van der Waals surface area contributed by atoms with E-state index in [1.165, 1.54) is 0 Å². The van der Waals surface area contributed by atoms with Crippen molar-refractivity contribution >= 4 is 17.2 Å². The Morgan fingerprint density at radius 2 is 1.89 bits per heavy atom. The highest BCUT2D eigenvalue weighted by atomic mass is 16.5. The lowest BCUT2D eigenvalue weighted by Crippen LogP contribution is -1.95. The lowest BCUT2D eigenvalue weighted by Gasteiger charge is -2.12. The summed E-state index contributed by atoms with van der Waals surface area (Å²) in [6.07, 6.45) is 3.56. The molecule has 0 atom stereocenters. The van der Waals surface area contributed by atoms with Gasteiger partial charge >= 0.3 is 0 Å². The largest absolute Gasteiger partial charge is 0.497 e. The quantitative estimate of drug-likeness (QED) is 0.499. The molecule has 4 heteroatoms. The summed E-state index contributed by atoms with van der Waals surface area (Å²) in [6.45, 7) is 0. The number of hydrogen-bond donors (Lipinski definition) is 1. The molecule has 28 heavy (non-hydrogen) atoms. The Hall–Kier alpha value is -3.84. The van der Waals surface area contributed by atoms with Crippen LogP contribution in [-0.4, -0.2) is 18.4 Å². The normalized spacial score (nSPS) is 10.6. The van der Waals surface area contributed by atoms with E-state index in [9.17, 15) is 4.79 Å². The van der Waals surface area contributed by atoms with Crippen LogP contribution in [-0.2, 0) is 6.42 Å². The minimum atomic E-state index is 0.601. The number of aromatic nitrogens is 1. The third-order valence-corrected chi connectivity index (χ3v) is 4.97. The summed E-state index contributed by atoms with van der Waals surface area (Å²) in [6, 6.07) is 21.5. The topological polar surface area (TPSA) is 65.9 Å². The summed E-state index contributed by atoms with van der Waals surface area (Å²) in [5.41, 5.74) is 6.37. The van der Waals surface area contributed by atoms with Crippen molar-refractivity contribution in [3.8, 4) is 22.9 Å². The first kappa shape index (κ1) is 17.6. The van der Waals surface area contributed by atoms with E-state index in [0.717, 1.165) is 39.4 Å². The average molecular weight is 366 g/mol. The molecule has 1 aromatic heterocycles.